The van der Waals surface area contributed by atoms with Crippen molar-refractivity contribution in [3.63, 3.8) is 0 Å². The van der Waals surface area contributed by atoms with Crippen molar-refractivity contribution in [1.29, 1.82) is 0 Å². The summed E-state index contributed by atoms with van der Waals surface area (Å²) in [5.41, 5.74) is 2.24. The van der Waals surface area contributed by atoms with Gasteiger partial charge in [0.1, 0.15) is 0 Å². The van der Waals surface area contributed by atoms with Crippen LogP contribution in [0.15, 0.2) is 24.3 Å². The van der Waals surface area contributed by atoms with Gasteiger partial charge in [0.25, 0.3) is 0 Å². The lowest BCUT2D eigenvalue weighted by Crippen LogP contribution is -2.40. The fourth-order valence-electron chi connectivity index (χ4n) is 2.22. The molecule has 1 heterocycles. The average Bonchev–Trinajstić information content (AvgIpc) is 2.91. The van der Waals surface area contributed by atoms with E-state index in [1.54, 1.807) is 7.11 Å². The Morgan fingerprint density at radius 3 is 2.95 bits per heavy atom. The van der Waals surface area contributed by atoms with Crippen molar-refractivity contribution >= 4 is 18.3 Å². The molecule has 5 heteroatoms. The van der Waals surface area contributed by atoms with Crippen LogP contribution in [0, 0.1) is 0 Å². The molecule has 1 fully saturated rings. The summed E-state index contributed by atoms with van der Waals surface area (Å²) in [6.07, 6.45) is 2.02. The fourth-order valence-corrected chi connectivity index (χ4v) is 2.22. The Bertz CT molecular complexity index is 406. The predicted octanol–water partition coefficient (Wildman–Crippen LogP) is 1.62. The quantitative estimate of drug-likeness (QED) is 0.864. The van der Waals surface area contributed by atoms with Crippen molar-refractivity contribution in [2.24, 2.45) is 0 Å². The van der Waals surface area contributed by atoms with Crippen LogP contribution in [0.5, 0.6) is 0 Å². The number of carbonyl (C=O) groups excluding carboxylic acids is 1. The zero-order chi connectivity index (χ0) is 12.8. The van der Waals surface area contributed by atoms with E-state index in [2.05, 4.69) is 16.7 Å². The average molecular weight is 285 g/mol. The van der Waals surface area contributed by atoms with Crippen molar-refractivity contribution in [3.8, 4) is 0 Å². The van der Waals surface area contributed by atoms with E-state index in [1.807, 2.05) is 18.2 Å². The van der Waals surface area contributed by atoms with Gasteiger partial charge < -0.3 is 15.4 Å². The number of ether oxygens (including phenoxy) is 1. The highest BCUT2D eigenvalue weighted by Crippen LogP contribution is 2.08. The maximum atomic E-state index is 11.8. The van der Waals surface area contributed by atoms with Gasteiger partial charge in [-0.3, -0.25) is 4.79 Å². The third kappa shape index (κ3) is 4.82. The van der Waals surface area contributed by atoms with Crippen LogP contribution in [0.25, 0.3) is 0 Å². The Hall–Kier alpha value is -1.10. The molecule has 1 amide bonds. The summed E-state index contributed by atoms with van der Waals surface area (Å²) >= 11 is 0. The van der Waals surface area contributed by atoms with E-state index in [-0.39, 0.29) is 24.4 Å². The van der Waals surface area contributed by atoms with Gasteiger partial charge in [-0.2, -0.15) is 0 Å². The molecule has 0 radical (unpaired) electrons. The number of nitrogens with one attached hydrogen (secondary N) is 2. The SMILES string of the molecule is COCc1cccc(CNC(=O)C2CCCN2)c1.Cl. The largest absolute Gasteiger partial charge is 0.380 e. The summed E-state index contributed by atoms with van der Waals surface area (Å²) in [5, 5.41) is 6.16. The van der Waals surface area contributed by atoms with Crippen molar-refractivity contribution < 1.29 is 9.53 Å². The van der Waals surface area contributed by atoms with E-state index in [1.165, 1.54) is 0 Å². The molecule has 106 valence electrons. The molecule has 1 aliphatic rings. The third-order valence-electron chi connectivity index (χ3n) is 3.15. The highest BCUT2D eigenvalue weighted by Gasteiger charge is 2.21. The van der Waals surface area contributed by atoms with Gasteiger partial charge in [0.15, 0.2) is 0 Å². The summed E-state index contributed by atoms with van der Waals surface area (Å²) < 4.78 is 5.09. The van der Waals surface area contributed by atoms with Gasteiger partial charge in [0.05, 0.1) is 12.6 Å². The van der Waals surface area contributed by atoms with Crippen LogP contribution >= 0.6 is 12.4 Å². The summed E-state index contributed by atoms with van der Waals surface area (Å²) in [7, 11) is 1.68. The highest BCUT2D eigenvalue weighted by atomic mass is 35.5. The molecular formula is C14H21ClN2O2. The summed E-state index contributed by atoms with van der Waals surface area (Å²) in [5.74, 6) is 0.102. The van der Waals surface area contributed by atoms with Crippen LogP contribution in [-0.4, -0.2) is 25.6 Å². The second-order valence-corrected chi connectivity index (χ2v) is 4.62. The van der Waals surface area contributed by atoms with Crippen LogP contribution in [0.4, 0.5) is 0 Å². The minimum Gasteiger partial charge on any atom is -0.380 e. The molecule has 1 unspecified atom stereocenters. The zero-order valence-corrected chi connectivity index (χ0v) is 12.0. The van der Waals surface area contributed by atoms with Gasteiger partial charge in [-0.15, -0.1) is 12.4 Å². The summed E-state index contributed by atoms with van der Waals surface area (Å²) in [6, 6.07) is 8.08. The van der Waals surface area contributed by atoms with E-state index in [0.717, 1.165) is 30.5 Å². The molecule has 1 aliphatic heterocycles. The zero-order valence-electron chi connectivity index (χ0n) is 11.1. The van der Waals surface area contributed by atoms with E-state index >= 15 is 0 Å². The molecule has 0 saturated carbocycles. The summed E-state index contributed by atoms with van der Waals surface area (Å²) in [4.78, 5) is 11.8. The molecule has 4 nitrogen and oxygen atoms in total. The monoisotopic (exact) mass is 284 g/mol. The van der Waals surface area contributed by atoms with Gasteiger partial charge in [0, 0.05) is 13.7 Å². The highest BCUT2D eigenvalue weighted by molar-refractivity contribution is 5.85. The molecule has 2 N–H and O–H groups in total. The molecule has 0 aliphatic carbocycles. The number of halogens is 1. The first-order chi connectivity index (χ1) is 8.79. The van der Waals surface area contributed by atoms with Crippen molar-refractivity contribution in [3.05, 3.63) is 35.4 Å². The Balaban J connectivity index is 0.00000180. The third-order valence-corrected chi connectivity index (χ3v) is 3.15. The molecule has 0 spiro atoms. The number of rotatable bonds is 5. The normalized spacial score (nSPS) is 17.8. The van der Waals surface area contributed by atoms with Gasteiger partial charge in [-0.1, -0.05) is 24.3 Å². The molecule has 1 aromatic rings. The standard InChI is InChI=1S/C14H20N2O2.ClH/c1-18-10-12-5-2-4-11(8-12)9-16-14(17)13-6-3-7-15-13;/h2,4-5,8,13,15H,3,6-7,9-10H2,1H3,(H,16,17);1H. The number of methoxy groups -OCH3 is 1. The van der Waals surface area contributed by atoms with Crippen molar-refractivity contribution in [2.75, 3.05) is 13.7 Å². The maximum Gasteiger partial charge on any atom is 0.237 e. The van der Waals surface area contributed by atoms with Crippen LogP contribution < -0.4 is 10.6 Å². The molecule has 1 atom stereocenters. The lowest BCUT2D eigenvalue weighted by Gasteiger charge is -2.11. The maximum absolute atomic E-state index is 11.8. The van der Waals surface area contributed by atoms with Crippen LogP contribution in [0.1, 0.15) is 24.0 Å². The topological polar surface area (TPSA) is 50.4 Å². The number of carbonyl (C=O) groups is 1. The Morgan fingerprint density at radius 2 is 2.26 bits per heavy atom. The van der Waals surface area contributed by atoms with Crippen LogP contribution in [0.3, 0.4) is 0 Å². The minimum absolute atomic E-state index is 0. The number of amides is 1. The lowest BCUT2D eigenvalue weighted by molar-refractivity contribution is -0.122. The lowest BCUT2D eigenvalue weighted by atomic mass is 10.1. The van der Waals surface area contributed by atoms with Gasteiger partial charge in [-0.05, 0) is 30.5 Å². The molecule has 0 aromatic heterocycles. The first kappa shape index (κ1) is 16.0. The van der Waals surface area contributed by atoms with Crippen LogP contribution in [-0.2, 0) is 22.7 Å². The van der Waals surface area contributed by atoms with Gasteiger partial charge >= 0.3 is 0 Å². The predicted molar refractivity (Wildman–Crippen MR) is 77.3 cm³/mol. The molecular weight excluding hydrogens is 264 g/mol. The van der Waals surface area contributed by atoms with E-state index in [0.29, 0.717) is 13.2 Å². The summed E-state index contributed by atoms with van der Waals surface area (Å²) in [6.45, 7) is 2.13. The van der Waals surface area contributed by atoms with Gasteiger partial charge in [-0.25, -0.2) is 0 Å². The van der Waals surface area contributed by atoms with Crippen molar-refractivity contribution in [1.82, 2.24) is 10.6 Å². The van der Waals surface area contributed by atoms with E-state index in [4.69, 9.17) is 4.74 Å². The first-order valence-corrected chi connectivity index (χ1v) is 6.37. The second-order valence-electron chi connectivity index (χ2n) is 4.62. The smallest absolute Gasteiger partial charge is 0.237 e. The van der Waals surface area contributed by atoms with Crippen molar-refractivity contribution in [2.45, 2.75) is 32.0 Å². The fraction of sp³-hybridized carbons (Fsp3) is 0.500. The molecule has 0 bridgehead atoms. The van der Waals surface area contributed by atoms with E-state index in [9.17, 15) is 4.79 Å². The molecule has 1 aromatic carbocycles. The number of benzene rings is 1. The number of hydrogen-bond donors (Lipinski definition) is 2. The Morgan fingerprint density at radius 1 is 1.47 bits per heavy atom. The minimum atomic E-state index is -0.00726. The Kier molecular flexibility index (Phi) is 6.84. The van der Waals surface area contributed by atoms with E-state index < -0.39 is 0 Å². The Labute approximate surface area is 120 Å². The van der Waals surface area contributed by atoms with Crippen LogP contribution in [0.2, 0.25) is 0 Å². The molecule has 19 heavy (non-hydrogen) atoms. The second kappa shape index (κ2) is 8.15. The first-order valence-electron chi connectivity index (χ1n) is 6.37. The molecule has 2 rings (SSSR count). The number of hydrogen-bond acceptors (Lipinski definition) is 3. The molecule has 1 saturated heterocycles. The van der Waals surface area contributed by atoms with Gasteiger partial charge in [0.2, 0.25) is 5.91 Å².